The monoisotopic (exact) mass is 253 g/mol. The predicted octanol–water partition coefficient (Wildman–Crippen LogP) is 0.215. The van der Waals surface area contributed by atoms with Gasteiger partial charge >= 0.3 is 0 Å². The van der Waals surface area contributed by atoms with E-state index in [1.54, 1.807) is 12.4 Å². The fourth-order valence-electron chi connectivity index (χ4n) is 2.14. The van der Waals surface area contributed by atoms with Gasteiger partial charge in [0, 0.05) is 47.7 Å². The van der Waals surface area contributed by atoms with Gasteiger partial charge in [-0.25, -0.2) is 0 Å². The van der Waals surface area contributed by atoms with Crippen molar-refractivity contribution in [2.24, 2.45) is 5.84 Å². The minimum atomic E-state index is 0.0292. The number of anilines is 1. The van der Waals surface area contributed by atoms with Crippen LogP contribution in [0.4, 0.5) is 5.69 Å². The molecule has 0 amide bonds. The lowest BCUT2D eigenvalue weighted by Gasteiger charge is -2.37. The van der Waals surface area contributed by atoms with Crippen LogP contribution in [0.3, 0.4) is 0 Å². The Morgan fingerprint density at radius 3 is 3.12 bits per heavy atom. The highest BCUT2D eigenvalue weighted by molar-refractivity contribution is 7.99. The second-order valence-electron chi connectivity index (χ2n) is 4.27. The van der Waals surface area contributed by atoms with Crippen molar-refractivity contribution in [1.82, 2.24) is 15.3 Å². The van der Waals surface area contributed by atoms with Crippen LogP contribution in [-0.4, -0.2) is 41.0 Å². The van der Waals surface area contributed by atoms with E-state index in [9.17, 15) is 0 Å². The van der Waals surface area contributed by atoms with E-state index in [0.29, 0.717) is 6.04 Å². The van der Waals surface area contributed by atoms with Crippen molar-refractivity contribution in [3.05, 3.63) is 24.0 Å². The largest absolute Gasteiger partial charge is 0.398 e. The average Bonchev–Trinajstić information content (AvgIpc) is 2.34. The maximum atomic E-state index is 5.99. The Kier molecular flexibility index (Phi) is 4.22. The molecule has 1 aliphatic rings. The molecule has 2 unspecified atom stereocenters. The van der Waals surface area contributed by atoms with Crippen LogP contribution in [0.5, 0.6) is 0 Å². The molecular formula is C11H19N5S. The normalized spacial score (nSPS) is 23.5. The molecule has 1 aromatic heterocycles. The number of hydrogen-bond acceptors (Lipinski definition) is 6. The van der Waals surface area contributed by atoms with Gasteiger partial charge in [-0.05, 0) is 13.1 Å². The molecule has 6 heteroatoms. The molecule has 94 valence electrons. The van der Waals surface area contributed by atoms with E-state index in [2.05, 4.69) is 22.4 Å². The summed E-state index contributed by atoms with van der Waals surface area (Å²) in [5.74, 6) is 7.93. The molecule has 0 bridgehead atoms. The summed E-state index contributed by atoms with van der Waals surface area (Å²) in [6.45, 7) is 1.08. The third kappa shape index (κ3) is 2.71. The number of pyridine rings is 1. The van der Waals surface area contributed by atoms with E-state index in [1.807, 2.05) is 17.8 Å². The fourth-order valence-corrected chi connectivity index (χ4v) is 3.41. The van der Waals surface area contributed by atoms with Gasteiger partial charge in [0.1, 0.15) is 0 Å². The summed E-state index contributed by atoms with van der Waals surface area (Å²) in [6, 6.07) is 2.20. The lowest BCUT2D eigenvalue weighted by atomic mass is 10.00. The van der Waals surface area contributed by atoms with Gasteiger partial charge < -0.3 is 5.73 Å². The van der Waals surface area contributed by atoms with Gasteiger partial charge in [-0.2, -0.15) is 11.8 Å². The first kappa shape index (κ1) is 12.6. The van der Waals surface area contributed by atoms with E-state index in [1.165, 1.54) is 5.75 Å². The van der Waals surface area contributed by atoms with Crippen molar-refractivity contribution in [3.8, 4) is 0 Å². The summed E-state index contributed by atoms with van der Waals surface area (Å²) in [4.78, 5) is 6.46. The van der Waals surface area contributed by atoms with Gasteiger partial charge in [-0.15, -0.1) is 0 Å². The minimum Gasteiger partial charge on any atom is -0.398 e. The number of likely N-dealkylation sites (N-methyl/N-ethyl adjacent to an activating group) is 1. The van der Waals surface area contributed by atoms with Crippen LogP contribution in [0.2, 0.25) is 0 Å². The molecule has 1 fully saturated rings. The molecule has 17 heavy (non-hydrogen) atoms. The van der Waals surface area contributed by atoms with E-state index in [0.717, 1.165) is 23.5 Å². The summed E-state index contributed by atoms with van der Waals surface area (Å²) in [6.07, 6.45) is 3.50. The van der Waals surface area contributed by atoms with E-state index >= 15 is 0 Å². The molecule has 0 spiro atoms. The summed E-state index contributed by atoms with van der Waals surface area (Å²) >= 11 is 1.95. The highest BCUT2D eigenvalue weighted by Gasteiger charge is 2.29. The Morgan fingerprint density at radius 1 is 1.65 bits per heavy atom. The molecule has 1 aromatic rings. The van der Waals surface area contributed by atoms with Gasteiger partial charge in [0.15, 0.2) is 0 Å². The Hall–Kier alpha value is -0.820. The first-order valence-electron chi connectivity index (χ1n) is 5.67. The molecule has 5 N–H and O–H groups in total. The van der Waals surface area contributed by atoms with Crippen LogP contribution in [-0.2, 0) is 0 Å². The number of nitrogens with zero attached hydrogens (tertiary/aromatic N) is 2. The van der Waals surface area contributed by atoms with Crippen molar-refractivity contribution in [2.45, 2.75) is 12.1 Å². The van der Waals surface area contributed by atoms with E-state index in [-0.39, 0.29) is 6.04 Å². The molecular weight excluding hydrogens is 234 g/mol. The Bertz CT molecular complexity index is 373. The fraction of sp³-hybridized carbons (Fsp3) is 0.545. The Morgan fingerprint density at radius 2 is 2.47 bits per heavy atom. The number of hydrazine groups is 1. The first-order chi connectivity index (χ1) is 8.24. The van der Waals surface area contributed by atoms with Gasteiger partial charge in [-0.1, -0.05) is 0 Å². The molecule has 0 aromatic carbocycles. The maximum absolute atomic E-state index is 5.99. The molecule has 2 rings (SSSR count). The number of thioether (sulfide) groups is 1. The predicted molar refractivity (Wildman–Crippen MR) is 72.5 cm³/mol. The Labute approximate surface area is 106 Å². The lowest BCUT2D eigenvalue weighted by molar-refractivity contribution is 0.216. The van der Waals surface area contributed by atoms with Crippen molar-refractivity contribution in [2.75, 3.05) is 30.8 Å². The molecule has 0 aliphatic carbocycles. The summed E-state index contributed by atoms with van der Waals surface area (Å²) < 4.78 is 0. The molecule has 2 atom stereocenters. The Balaban J connectivity index is 2.23. The van der Waals surface area contributed by atoms with Crippen LogP contribution >= 0.6 is 11.8 Å². The van der Waals surface area contributed by atoms with Gasteiger partial charge in [0.05, 0.1) is 6.04 Å². The SMILES string of the molecule is CN1CCSCC1C(NN)c1cnccc1N. The zero-order valence-electron chi connectivity index (χ0n) is 9.97. The number of nitrogens with two attached hydrogens (primary N) is 2. The van der Waals surface area contributed by atoms with Crippen LogP contribution < -0.4 is 17.0 Å². The first-order valence-corrected chi connectivity index (χ1v) is 6.83. The highest BCUT2D eigenvalue weighted by atomic mass is 32.2. The zero-order chi connectivity index (χ0) is 12.3. The van der Waals surface area contributed by atoms with Crippen molar-refractivity contribution >= 4 is 17.4 Å². The van der Waals surface area contributed by atoms with Gasteiger partial charge in [-0.3, -0.25) is 21.2 Å². The van der Waals surface area contributed by atoms with E-state index in [4.69, 9.17) is 11.6 Å². The van der Waals surface area contributed by atoms with Crippen LogP contribution in [0, 0.1) is 0 Å². The molecule has 5 nitrogen and oxygen atoms in total. The quantitative estimate of drug-likeness (QED) is 0.528. The molecule has 0 saturated carbocycles. The third-order valence-corrected chi connectivity index (χ3v) is 4.28. The lowest BCUT2D eigenvalue weighted by Crippen LogP contribution is -2.49. The molecule has 2 heterocycles. The van der Waals surface area contributed by atoms with Crippen LogP contribution in [0.15, 0.2) is 18.5 Å². The number of hydrogen-bond donors (Lipinski definition) is 3. The van der Waals surface area contributed by atoms with Crippen LogP contribution in [0.1, 0.15) is 11.6 Å². The third-order valence-electron chi connectivity index (χ3n) is 3.23. The van der Waals surface area contributed by atoms with Crippen LogP contribution in [0.25, 0.3) is 0 Å². The zero-order valence-corrected chi connectivity index (χ0v) is 10.8. The topological polar surface area (TPSA) is 80.2 Å². The average molecular weight is 253 g/mol. The molecule has 1 aliphatic heterocycles. The summed E-state index contributed by atoms with van der Waals surface area (Å²) in [5, 5.41) is 0. The van der Waals surface area contributed by atoms with E-state index < -0.39 is 0 Å². The second kappa shape index (κ2) is 5.68. The number of nitrogens with one attached hydrogen (secondary N) is 1. The number of nitrogen functional groups attached to an aromatic ring is 1. The van der Waals surface area contributed by atoms with Crippen molar-refractivity contribution in [3.63, 3.8) is 0 Å². The standard InChI is InChI=1S/C11H19N5S/c1-16-4-5-17-7-10(16)11(15-13)8-6-14-3-2-9(8)12/h2-3,6,10-11,15H,4-5,7,13H2,1H3,(H2,12,14). The van der Waals surface area contributed by atoms with Gasteiger partial charge in [0.25, 0.3) is 0 Å². The molecule has 0 radical (unpaired) electrons. The smallest absolute Gasteiger partial charge is 0.0658 e. The number of rotatable bonds is 3. The highest BCUT2D eigenvalue weighted by Crippen LogP contribution is 2.28. The minimum absolute atomic E-state index is 0.0292. The van der Waals surface area contributed by atoms with Crippen molar-refractivity contribution in [1.29, 1.82) is 0 Å². The second-order valence-corrected chi connectivity index (χ2v) is 5.42. The van der Waals surface area contributed by atoms with Crippen molar-refractivity contribution < 1.29 is 0 Å². The summed E-state index contributed by atoms with van der Waals surface area (Å²) in [5.41, 5.74) is 10.6. The molecule has 1 saturated heterocycles. The van der Waals surface area contributed by atoms with Gasteiger partial charge in [0.2, 0.25) is 0 Å². The summed E-state index contributed by atoms with van der Waals surface area (Å²) in [7, 11) is 2.13. The maximum Gasteiger partial charge on any atom is 0.0658 e. The number of aromatic nitrogens is 1.